The van der Waals surface area contributed by atoms with Crippen LogP contribution in [-0.4, -0.2) is 48.6 Å². The maximum Gasteiger partial charge on any atom is 0.164 e. The van der Waals surface area contributed by atoms with Crippen LogP contribution in [-0.2, 0) is 9.47 Å². The van der Waals surface area contributed by atoms with Crippen LogP contribution in [0.15, 0.2) is 36.7 Å². The van der Waals surface area contributed by atoms with Gasteiger partial charge in [-0.15, -0.1) is 0 Å². The number of nitrogens with one attached hydrogen (secondary N) is 1. The SMILES string of the molecule is COc1cc2c(Nc3ccc(F)c(F)c3)ncnc2cc1O[C@@H]1COC2CCOC21. The molecule has 2 aromatic carbocycles. The zero-order chi connectivity index (χ0) is 20.7. The molecule has 0 bridgehead atoms. The molecular formula is C21H19F2N3O4. The summed E-state index contributed by atoms with van der Waals surface area (Å²) in [4.78, 5) is 8.54. The number of hydrogen-bond acceptors (Lipinski definition) is 7. The summed E-state index contributed by atoms with van der Waals surface area (Å²) < 4.78 is 49.9. The van der Waals surface area contributed by atoms with E-state index in [1.165, 1.54) is 12.4 Å². The van der Waals surface area contributed by atoms with Crippen LogP contribution in [0.4, 0.5) is 20.3 Å². The summed E-state index contributed by atoms with van der Waals surface area (Å²) >= 11 is 0. The Morgan fingerprint density at radius 3 is 2.80 bits per heavy atom. The Hall–Kier alpha value is -3.04. The minimum absolute atomic E-state index is 0.0654. The lowest BCUT2D eigenvalue weighted by Gasteiger charge is -2.20. The molecule has 5 rings (SSSR count). The van der Waals surface area contributed by atoms with Crippen molar-refractivity contribution < 1.29 is 27.7 Å². The van der Waals surface area contributed by atoms with Crippen LogP contribution in [0.3, 0.4) is 0 Å². The largest absolute Gasteiger partial charge is 0.493 e. The van der Waals surface area contributed by atoms with E-state index in [1.54, 1.807) is 19.2 Å². The maximum absolute atomic E-state index is 13.5. The molecule has 2 unspecified atom stereocenters. The summed E-state index contributed by atoms with van der Waals surface area (Å²) in [5.74, 6) is -0.419. The molecule has 0 amide bonds. The Labute approximate surface area is 170 Å². The van der Waals surface area contributed by atoms with Gasteiger partial charge in [0.15, 0.2) is 29.2 Å². The Kier molecular flexibility index (Phi) is 4.84. The predicted molar refractivity (Wildman–Crippen MR) is 104 cm³/mol. The van der Waals surface area contributed by atoms with Crippen LogP contribution in [0, 0.1) is 11.6 Å². The smallest absolute Gasteiger partial charge is 0.164 e. The predicted octanol–water partition coefficient (Wildman–Crippen LogP) is 3.60. The van der Waals surface area contributed by atoms with E-state index in [0.717, 1.165) is 18.6 Å². The van der Waals surface area contributed by atoms with Gasteiger partial charge in [0.2, 0.25) is 0 Å². The van der Waals surface area contributed by atoms with Crippen LogP contribution < -0.4 is 14.8 Å². The Morgan fingerprint density at radius 1 is 1.07 bits per heavy atom. The van der Waals surface area contributed by atoms with Crippen molar-refractivity contribution in [2.24, 2.45) is 0 Å². The van der Waals surface area contributed by atoms with Crippen LogP contribution in [0.25, 0.3) is 10.9 Å². The molecule has 3 aromatic rings. The van der Waals surface area contributed by atoms with Gasteiger partial charge in [0.25, 0.3) is 0 Å². The van der Waals surface area contributed by atoms with Crippen LogP contribution in [0.2, 0.25) is 0 Å². The highest BCUT2D eigenvalue weighted by Crippen LogP contribution is 2.37. The lowest BCUT2D eigenvalue weighted by molar-refractivity contribution is 0.0298. The summed E-state index contributed by atoms with van der Waals surface area (Å²) in [6, 6.07) is 7.05. The summed E-state index contributed by atoms with van der Waals surface area (Å²) in [6.45, 7) is 1.11. The topological polar surface area (TPSA) is 74.7 Å². The van der Waals surface area contributed by atoms with Crippen molar-refractivity contribution in [2.75, 3.05) is 25.6 Å². The Balaban J connectivity index is 1.47. The molecule has 7 nitrogen and oxygen atoms in total. The number of anilines is 2. The highest BCUT2D eigenvalue weighted by molar-refractivity contribution is 5.93. The zero-order valence-electron chi connectivity index (χ0n) is 16.1. The van der Waals surface area contributed by atoms with Crippen molar-refractivity contribution in [1.82, 2.24) is 9.97 Å². The van der Waals surface area contributed by atoms with E-state index in [1.807, 2.05) is 0 Å². The summed E-state index contributed by atoms with van der Waals surface area (Å²) in [7, 11) is 1.54. The molecule has 1 aromatic heterocycles. The van der Waals surface area contributed by atoms with Crippen molar-refractivity contribution >= 4 is 22.4 Å². The summed E-state index contributed by atoms with van der Waals surface area (Å²) in [5, 5.41) is 3.64. The van der Waals surface area contributed by atoms with Gasteiger partial charge in [-0.1, -0.05) is 0 Å². The van der Waals surface area contributed by atoms with E-state index in [4.69, 9.17) is 18.9 Å². The standard InChI is InChI=1S/C21H19F2N3O4/c1-27-17-7-12-15(8-18(17)30-19-9-29-16-4-5-28-20(16)19)24-10-25-21(12)26-11-2-3-13(22)14(23)6-11/h2-3,6-8,10,16,19-20H,4-5,9H2,1H3,(H,24,25,26)/t16?,19-,20?/m1/s1. The van der Waals surface area contributed by atoms with Gasteiger partial charge in [-0.25, -0.2) is 18.7 Å². The first kappa shape index (κ1) is 19.0. The third-order valence-electron chi connectivity index (χ3n) is 5.30. The van der Waals surface area contributed by atoms with Crippen molar-refractivity contribution in [3.8, 4) is 11.5 Å². The van der Waals surface area contributed by atoms with Gasteiger partial charge in [-0.05, 0) is 24.6 Å². The molecule has 1 N–H and O–H groups in total. The number of nitrogens with zero attached hydrogens (tertiary/aromatic N) is 2. The average Bonchev–Trinajstić information content (AvgIpc) is 3.36. The molecule has 156 valence electrons. The molecule has 2 aliphatic heterocycles. The molecule has 0 spiro atoms. The normalized spacial score (nSPS) is 22.8. The van der Waals surface area contributed by atoms with Gasteiger partial charge in [0, 0.05) is 29.8 Å². The number of ether oxygens (including phenoxy) is 4. The van der Waals surface area contributed by atoms with E-state index >= 15 is 0 Å². The van der Waals surface area contributed by atoms with Gasteiger partial charge in [-0.3, -0.25) is 0 Å². The maximum atomic E-state index is 13.5. The number of hydrogen-bond donors (Lipinski definition) is 1. The van der Waals surface area contributed by atoms with Crippen molar-refractivity contribution in [3.63, 3.8) is 0 Å². The van der Waals surface area contributed by atoms with E-state index in [9.17, 15) is 8.78 Å². The number of methoxy groups -OCH3 is 1. The fraction of sp³-hybridized carbons (Fsp3) is 0.333. The first-order valence-electron chi connectivity index (χ1n) is 9.57. The summed E-state index contributed by atoms with van der Waals surface area (Å²) in [6.07, 6.45) is 1.99. The molecule has 30 heavy (non-hydrogen) atoms. The first-order chi connectivity index (χ1) is 14.6. The number of aromatic nitrogens is 2. The number of benzene rings is 2. The molecular weight excluding hydrogens is 396 g/mol. The Morgan fingerprint density at radius 2 is 1.97 bits per heavy atom. The molecule has 0 radical (unpaired) electrons. The van der Waals surface area contributed by atoms with Gasteiger partial charge < -0.3 is 24.3 Å². The molecule has 9 heteroatoms. The van der Waals surface area contributed by atoms with Crippen molar-refractivity contribution in [1.29, 1.82) is 0 Å². The Bertz CT molecular complexity index is 1100. The number of fused-ring (bicyclic) bond motifs is 2. The molecule has 3 heterocycles. The highest BCUT2D eigenvalue weighted by Gasteiger charge is 2.43. The highest BCUT2D eigenvalue weighted by atomic mass is 19.2. The van der Waals surface area contributed by atoms with Gasteiger partial charge in [0.1, 0.15) is 18.2 Å². The van der Waals surface area contributed by atoms with Gasteiger partial charge in [0.05, 0.1) is 25.3 Å². The first-order valence-corrected chi connectivity index (χ1v) is 9.57. The van der Waals surface area contributed by atoms with Crippen LogP contribution in [0.1, 0.15) is 6.42 Å². The third kappa shape index (κ3) is 3.40. The molecule has 2 aliphatic rings. The number of rotatable bonds is 5. The van der Waals surface area contributed by atoms with Crippen LogP contribution in [0.5, 0.6) is 11.5 Å². The average molecular weight is 415 g/mol. The monoisotopic (exact) mass is 415 g/mol. The van der Waals surface area contributed by atoms with Crippen molar-refractivity contribution in [3.05, 3.63) is 48.3 Å². The second-order valence-corrected chi connectivity index (χ2v) is 7.15. The van der Waals surface area contributed by atoms with Gasteiger partial charge in [-0.2, -0.15) is 0 Å². The second kappa shape index (κ2) is 7.66. The fourth-order valence-corrected chi connectivity index (χ4v) is 3.82. The molecule has 0 aliphatic carbocycles. The third-order valence-corrected chi connectivity index (χ3v) is 5.30. The minimum atomic E-state index is -0.946. The van der Waals surface area contributed by atoms with Gasteiger partial charge >= 0.3 is 0 Å². The zero-order valence-corrected chi connectivity index (χ0v) is 16.1. The van der Waals surface area contributed by atoms with E-state index < -0.39 is 11.6 Å². The fourth-order valence-electron chi connectivity index (χ4n) is 3.82. The second-order valence-electron chi connectivity index (χ2n) is 7.15. The molecule has 2 fully saturated rings. The number of halogens is 2. The lowest BCUT2D eigenvalue weighted by Crippen LogP contribution is -2.32. The van der Waals surface area contributed by atoms with E-state index in [0.29, 0.717) is 47.1 Å². The molecule has 2 saturated heterocycles. The van der Waals surface area contributed by atoms with E-state index in [2.05, 4.69) is 15.3 Å². The molecule has 3 atom stereocenters. The van der Waals surface area contributed by atoms with Crippen LogP contribution >= 0.6 is 0 Å². The molecule has 0 saturated carbocycles. The van der Waals surface area contributed by atoms with Crippen molar-refractivity contribution in [2.45, 2.75) is 24.7 Å². The minimum Gasteiger partial charge on any atom is -0.493 e. The van der Waals surface area contributed by atoms with E-state index in [-0.39, 0.29) is 18.3 Å². The quantitative estimate of drug-likeness (QED) is 0.683. The summed E-state index contributed by atoms with van der Waals surface area (Å²) in [5.41, 5.74) is 0.967. The lowest BCUT2D eigenvalue weighted by atomic mass is 10.1.